The van der Waals surface area contributed by atoms with Crippen LogP contribution in [0.2, 0.25) is 0 Å². The fraction of sp³-hybridized carbons (Fsp3) is 0.476. The lowest BCUT2D eigenvalue weighted by molar-refractivity contribution is 0.477. The Balaban J connectivity index is 1.63. The molecule has 0 amide bonds. The molecule has 0 bridgehead atoms. The van der Waals surface area contributed by atoms with E-state index in [9.17, 15) is 0 Å². The number of nitrogens with one attached hydrogen (secondary N) is 3. The molecule has 7 heteroatoms. The minimum Gasteiger partial charge on any atom is -0.365 e. The summed E-state index contributed by atoms with van der Waals surface area (Å²) in [7, 11) is 0. The molecule has 0 saturated carbocycles. The number of nitrogens with zero attached hydrogens (tertiary/aromatic N) is 4. The number of rotatable bonds is 7. The highest BCUT2D eigenvalue weighted by Gasteiger charge is 2.17. The van der Waals surface area contributed by atoms with Gasteiger partial charge in [0, 0.05) is 19.1 Å². The maximum Gasteiger partial charge on any atom is 0.226 e. The third-order valence-electron chi connectivity index (χ3n) is 5.31. The largest absolute Gasteiger partial charge is 0.365 e. The average Bonchev–Trinajstić information content (AvgIpc) is 3.11. The van der Waals surface area contributed by atoms with Gasteiger partial charge in [0.1, 0.15) is 5.82 Å². The first-order valence-electron chi connectivity index (χ1n) is 10.2. The van der Waals surface area contributed by atoms with Crippen molar-refractivity contribution >= 4 is 22.8 Å². The number of anilines is 2. The summed E-state index contributed by atoms with van der Waals surface area (Å²) < 4.78 is 1.98. The van der Waals surface area contributed by atoms with Crippen molar-refractivity contribution in [3.8, 4) is 0 Å². The summed E-state index contributed by atoms with van der Waals surface area (Å²) >= 11 is 0. The molecule has 3 heterocycles. The molecular formula is C21H29N7. The van der Waals surface area contributed by atoms with Crippen molar-refractivity contribution in [3.05, 3.63) is 41.6 Å². The van der Waals surface area contributed by atoms with Gasteiger partial charge in [0.15, 0.2) is 5.65 Å². The Kier molecular flexibility index (Phi) is 5.71. The Morgan fingerprint density at radius 1 is 1.18 bits per heavy atom. The molecule has 0 atom stereocenters. The molecule has 4 rings (SSSR count). The van der Waals surface area contributed by atoms with E-state index in [0.717, 1.165) is 62.3 Å². The zero-order valence-electron chi connectivity index (χ0n) is 16.7. The molecule has 1 aromatic carbocycles. The summed E-state index contributed by atoms with van der Waals surface area (Å²) in [5.41, 5.74) is 3.43. The topological polar surface area (TPSA) is 79.7 Å². The molecule has 3 N–H and O–H groups in total. The highest BCUT2D eigenvalue weighted by molar-refractivity contribution is 5.87. The number of benzene rings is 1. The van der Waals surface area contributed by atoms with Crippen LogP contribution in [0.3, 0.4) is 0 Å². The van der Waals surface area contributed by atoms with Crippen LogP contribution in [0.25, 0.3) is 11.0 Å². The lowest BCUT2D eigenvalue weighted by atomic mass is 10.1. The van der Waals surface area contributed by atoms with Gasteiger partial charge < -0.3 is 16.0 Å². The van der Waals surface area contributed by atoms with Gasteiger partial charge in [-0.2, -0.15) is 15.1 Å². The van der Waals surface area contributed by atoms with Gasteiger partial charge in [0.2, 0.25) is 5.95 Å². The van der Waals surface area contributed by atoms with Gasteiger partial charge in [-0.3, -0.25) is 0 Å². The fourth-order valence-electron chi connectivity index (χ4n) is 3.67. The van der Waals surface area contributed by atoms with Gasteiger partial charge in [-0.05, 0) is 50.4 Å². The molecule has 1 fully saturated rings. The van der Waals surface area contributed by atoms with E-state index in [-0.39, 0.29) is 0 Å². The van der Waals surface area contributed by atoms with Gasteiger partial charge in [0.25, 0.3) is 0 Å². The van der Waals surface area contributed by atoms with Crippen LogP contribution < -0.4 is 16.0 Å². The number of hydrogen-bond donors (Lipinski definition) is 3. The van der Waals surface area contributed by atoms with E-state index in [4.69, 9.17) is 9.97 Å². The van der Waals surface area contributed by atoms with Crippen molar-refractivity contribution < 1.29 is 0 Å². The maximum atomic E-state index is 4.81. The van der Waals surface area contributed by atoms with Crippen molar-refractivity contribution in [3.63, 3.8) is 0 Å². The second kappa shape index (κ2) is 8.56. The monoisotopic (exact) mass is 379 g/mol. The van der Waals surface area contributed by atoms with Crippen LogP contribution in [-0.2, 0) is 13.1 Å². The van der Waals surface area contributed by atoms with E-state index in [1.54, 1.807) is 0 Å². The minimum absolute atomic E-state index is 0.408. The van der Waals surface area contributed by atoms with E-state index in [1.807, 2.05) is 10.9 Å². The molecule has 1 aliphatic heterocycles. The standard InChI is InChI=1S/C21H29N7/c1-3-12-28-20-18(14-24-28)19(23-13-16-7-5-4-6-15(16)2)26-21(27-20)25-17-8-10-22-11-9-17/h4-7,14,17,22H,3,8-13H2,1-2H3,(H2,23,25,26,27). The lowest BCUT2D eigenvalue weighted by Crippen LogP contribution is -2.35. The second-order valence-electron chi connectivity index (χ2n) is 7.45. The van der Waals surface area contributed by atoms with Gasteiger partial charge in [-0.1, -0.05) is 31.2 Å². The summed E-state index contributed by atoms with van der Waals surface area (Å²) in [4.78, 5) is 9.61. The zero-order valence-corrected chi connectivity index (χ0v) is 16.7. The Morgan fingerprint density at radius 2 is 2.00 bits per heavy atom. The van der Waals surface area contributed by atoms with Crippen LogP contribution in [0, 0.1) is 6.92 Å². The predicted octanol–water partition coefficient (Wildman–Crippen LogP) is 3.32. The van der Waals surface area contributed by atoms with Gasteiger partial charge in [-0.15, -0.1) is 0 Å². The van der Waals surface area contributed by atoms with Crippen LogP contribution >= 0.6 is 0 Å². The van der Waals surface area contributed by atoms with Crippen LogP contribution in [0.1, 0.15) is 37.3 Å². The molecule has 0 radical (unpaired) electrons. The molecule has 148 valence electrons. The molecule has 1 saturated heterocycles. The maximum absolute atomic E-state index is 4.81. The van der Waals surface area contributed by atoms with Crippen LogP contribution in [-0.4, -0.2) is 38.9 Å². The number of piperidine rings is 1. The van der Waals surface area contributed by atoms with Crippen molar-refractivity contribution in [2.45, 2.75) is 52.2 Å². The molecule has 1 aliphatic rings. The predicted molar refractivity (Wildman–Crippen MR) is 114 cm³/mol. The first kappa shape index (κ1) is 18.7. The Labute approximate surface area is 166 Å². The summed E-state index contributed by atoms with van der Waals surface area (Å²) in [6.45, 7) is 7.93. The fourth-order valence-corrected chi connectivity index (χ4v) is 3.67. The minimum atomic E-state index is 0.408. The van der Waals surface area contributed by atoms with Crippen molar-refractivity contribution in [2.24, 2.45) is 0 Å². The molecule has 28 heavy (non-hydrogen) atoms. The first-order chi connectivity index (χ1) is 13.7. The lowest BCUT2D eigenvalue weighted by Gasteiger charge is -2.24. The number of fused-ring (bicyclic) bond motifs is 1. The average molecular weight is 380 g/mol. The van der Waals surface area contributed by atoms with Crippen molar-refractivity contribution in [2.75, 3.05) is 23.7 Å². The number of aryl methyl sites for hydroxylation is 2. The highest BCUT2D eigenvalue weighted by atomic mass is 15.3. The normalized spacial score (nSPS) is 15.1. The first-order valence-corrected chi connectivity index (χ1v) is 10.2. The van der Waals surface area contributed by atoms with E-state index in [0.29, 0.717) is 12.0 Å². The number of aromatic nitrogens is 4. The van der Waals surface area contributed by atoms with Crippen LogP contribution in [0.15, 0.2) is 30.5 Å². The van der Waals surface area contributed by atoms with Gasteiger partial charge in [0.05, 0.1) is 11.6 Å². The van der Waals surface area contributed by atoms with E-state index in [2.05, 4.69) is 59.2 Å². The molecule has 0 aliphatic carbocycles. The third kappa shape index (κ3) is 4.09. The summed E-state index contributed by atoms with van der Waals surface area (Å²) in [6.07, 6.45) is 5.06. The molecule has 7 nitrogen and oxygen atoms in total. The van der Waals surface area contributed by atoms with Gasteiger partial charge >= 0.3 is 0 Å². The van der Waals surface area contributed by atoms with Gasteiger partial charge in [-0.25, -0.2) is 4.68 Å². The Hall–Kier alpha value is -2.67. The smallest absolute Gasteiger partial charge is 0.226 e. The van der Waals surface area contributed by atoms with E-state index < -0.39 is 0 Å². The zero-order chi connectivity index (χ0) is 19.3. The third-order valence-corrected chi connectivity index (χ3v) is 5.31. The molecular weight excluding hydrogens is 350 g/mol. The SMILES string of the molecule is CCCn1ncc2c(NCc3ccccc3C)nc(NC3CCNCC3)nc21. The Morgan fingerprint density at radius 3 is 2.79 bits per heavy atom. The van der Waals surface area contributed by atoms with Crippen molar-refractivity contribution in [1.82, 2.24) is 25.1 Å². The Bertz CT molecular complexity index is 928. The summed E-state index contributed by atoms with van der Waals surface area (Å²) in [5, 5.41) is 16.0. The molecule has 2 aromatic heterocycles. The van der Waals surface area contributed by atoms with Crippen LogP contribution in [0.5, 0.6) is 0 Å². The molecule has 3 aromatic rings. The summed E-state index contributed by atoms with van der Waals surface area (Å²) in [5.74, 6) is 1.52. The quantitative estimate of drug-likeness (QED) is 0.584. The summed E-state index contributed by atoms with van der Waals surface area (Å²) in [6, 6.07) is 8.83. The van der Waals surface area contributed by atoms with E-state index in [1.165, 1.54) is 11.1 Å². The van der Waals surface area contributed by atoms with E-state index >= 15 is 0 Å². The molecule has 0 unspecified atom stereocenters. The highest BCUT2D eigenvalue weighted by Crippen LogP contribution is 2.24. The second-order valence-corrected chi connectivity index (χ2v) is 7.45. The molecule has 0 spiro atoms. The van der Waals surface area contributed by atoms with Crippen molar-refractivity contribution in [1.29, 1.82) is 0 Å². The van der Waals surface area contributed by atoms with Crippen LogP contribution in [0.4, 0.5) is 11.8 Å². The number of hydrogen-bond acceptors (Lipinski definition) is 6.